The summed E-state index contributed by atoms with van der Waals surface area (Å²) in [5, 5.41) is 31.3. The molecule has 2 fully saturated rings. The molecule has 0 bridgehead atoms. The van der Waals surface area contributed by atoms with Crippen LogP contribution in [0.5, 0.6) is 0 Å². The van der Waals surface area contributed by atoms with E-state index in [1.165, 1.54) is 0 Å². The van der Waals surface area contributed by atoms with Gasteiger partial charge in [0.1, 0.15) is 23.3 Å². The molecule has 10 rings (SSSR count). The first-order valence-corrected chi connectivity index (χ1v) is 18.6. The summed E-state index contributed by atoms with van der Waals surface area (Å²) in [4.78, 5) is 32.9. The molecule has 0 saturated carbocycles. The maximum Gasteiger partial charge on any atom is 0.241 e. The molecule has 14 heteroatoms. The van der Waals surface area contributed by atoms with Crippen LogP contribution in [0.1, 0.15) is 43.0 Å². The average Bonchev–Trinajstić information content (AvgIpc) is 3.90. The van der Waals surface area contributed by atoms with E-state index in [0.717, 1.165) is 34.7 Å². The molecular weight excluding hydrogens is 721 g/mol. The Kier molecular flexibility index (Phi) is 6.57. The third-order valence-corrected chi connectivity index (χ3v) is 13.8. The SMILES string of the molecule is N#CC1=C(N)O[C@]23c4ccccc4C(=O)[C@]12SC(=N/N=C1/S[C@]24C(=O)c5ccccc5[C@]2(OC(N)=C4C#N)N1Cc1ccccc1)N3Cc1ccccc1. The van der Waals surface area contributed by atoms with E-state index in [2.05, 4.69) is 12.1 Å². The second-order valence-corrected chi connectivity index (χ2v) is 15.8. The highest BCUT2D eigenvalue weighted by Gasteiger charge is 2.81. The number of nitrogens with zero attached hydrogens (tertiary/aromatic N) is 6. The Morgan fingerprint density at radius 1 is 0.593 bits per heavy atom. The molecule has 0 radical (unpaired) electrons. The molecule has 4 aromatic rings. The van der Waals surface area contributed by atoms with Crippen LogP contribution in [0.25, 0.3) is 0 Å². The topological polar surface area (TPSA) is 183 Å². The number of hydrogen-bond donors (Lipinski definition) is 2. The largest absolute Gasteiger partial charge is 0.445 e. The fourth-order valence-corrected chi connectivity index (χ4v) is 11.8. The van der Waals surface area contributed by atoms with E-state index in [4.69, 9.17) is 31.1 Å². The van der Waals surface area contributed by atoms with E-state index in [1.54, 1.807) is 24.3 Å². The zero-order valence-electron chi connectivity index (χ0n) is 28.1. The van der Waals surface area contributed by atoms with Gasteiger partial charge in [0, 0.05) is 35.3 Å². The number of ketones is 2. The van der Waals surface area contributed by atoms with Crippen molar-refractivity contribution in [3.63, 3.8) is 0 Å². The predicted molar refractivity (Wildman–Crippen MR) is 200 cm³/mol. The number of ether oxygens (including phenoxy) is 2. The van der Waals surface area contributed by atoms with Crippen molar-refractivity contribution in [3.8, 4) is 12.1 Å². The van der Waals surface area contributed by atoms with Crippen LogP contribution in [0.15, 0.2) is 142 Å². The van der Waals surface area contributed by atoms with Gasteiger partial charge in [0.15, 0.2) is 31.4 Å². The number of nitrogens with two attached hydrogens (primary N) is 2. The van der Waals surface area contributed by atoms with E-state index in [-0.39, 0.29) is 57.9 Å². The lowest BCUT2D eigenvalue weighted by molar-refractivity contribution is -0.0859. The summed E-state index contributed by atoms with van der Waals surface area (Å²) < 4.78 is 9.87. The van der Waals surface area contributed by atoms with Crippen LogP contribution in [-0.4, -0.2) is 41.2 Å². The smallest absolute Gasteiger partial charge is 0.241 e. The Hall–Kier alpha value is -6.48. The van der Waals surface area contributed by atoms with Gasteiger partial charge in [-0.05, 0) is 11.1 Å². The first-order valence-electron chi connectivity index (χ1n) is 16.9. The first kappa shape index (κ1) is 32.2. The second kappa shape index (κ2) is 11.0. The van der Waals surface area contributed by atoms with Crippen molar-refractivity contribution in [2.45, 2.75) is 34.0 Å². The van der Waals surface area contributed by atoms with Gasteiger partial charge in [-0.2, -0.15) is 10.5 Å². The van der Waals surface area contributed by atoms with Gasteiger partial charge in [-0.25, -0.2) is 0 Å². The minimum absolute atomic E-state index is 0.00211. The van der Waals surface area contributed by atoms with Crippen molar-refractivity contribution in [3.05, 3.63) is 165 Å². The quantitative estimate of drug-likeness (QED) is 0.257. The molecule has 2 saturated heterocycles. The fourth-order valence-electron chi connectivity index (χ4n) is 8.77. The number of rotatable bonds is 5. The molecule has 0 aromatic heterocycles. The Morgan fingerprint density at radius 2 is 0.963 bits per heavy atom. The lowest BCUT2D eigenvalue weighted by Crippen LogP contribution is -2.53. The number of fused-ring (bicyclic) bond motifs is 2. The highest BCUT2D eigenvalue weighted by molar-refractivity contribution is 8.16. The van der Waals surface area contributed by atoms with Crippen LogP contribution in [0.2, 0.25) is 0 Å². The normalized spacial score (nSPS) is 29.7. The number of hydrogen-bond acceptors (Lipinski definition) is 12. The molecule has 0 unspecified atom stereocenters. The minimum atomic E-state index is -1.61. The molecule has 0 spiro atoms. The van der Waals surface area contributed by atoms with Gasteiger partial charge in [-0.1, -0.05) is 133 Å². The van der Waals surface area contributed by atoms with Crippen molar-refractivity contribution < 1.29 is 19.1 Å². The maximum absolute atomic E-state index is 14.6. The zero-order valence-corrected chi connectivity index (χ0v) is 29.7. The third-order valence-electron chi connectivity index (χ3n) is 10.9. The van der Waals surface area contributed by atoms with Crippen LogP contribution in [0.4, 0.5) is 0 Å². The summed E-state index contributed by atoms with van der Waals surface area (Å²) in [6.07, 6.45) is 0. The number of Topliss-reactive ketones (excluding diaryl/α,β-unsaturated/α-hetero) is 2. The molecule has 54 heavy (non-hydrogen) atoms. The van der Waals surface area contributed by atoms with Crippen molar-refractivity contribution in [2.75, 3.05) is 0 Å². The van der Waals surface area contributed by atoms with Gasteiger partial charge >= 0.3 is 0 Å². The van der Waals surface area contributed by atoms with Gasteiger partial charge in [-0.3, -0.25) is 9.59 Å². The summed E-state index contributed by atoms with van der Waals surface area (Å²) in [7, 11) is 0. The predicted octanol–water partition coefficient (Wildman–Crippen LogP) is 5.14. The summed E-state index contributed by atoms with van der Waals surface area (Å²) in [5.74, 6) is -0.904. The lowest BCUT2D eigenvalue weighted by atomic mass is 9.88. The molecule has 4 aromatic carbocycles. The lowest BCUT2D eigenvalue weighted by Gasteiger charge is -2.38. The summed E-state index contributed by atoms with van der Waals surface area (Å²) in [6.45, 7) is 0.433. The zero-order chi connectivity index (χ0) is 37.0. The van der Waals surface area contributed by atoms with Crippen molar-refractivity contribution >= 4 is 45.4 Å². The molecule has 2 aliphatic carbocycles. The Morgan fingerprint density at radius 3 is 1.35 bits per heavy atom. The molecule has 4 atom stereocenters. The fraction of sp³-hybridized carbons (Fsp3) is 0.150. The molecule has 4 aliphatic heterocycles. The van der Waals surface area contributed by atoms with E-state index in [1.807, 2.05) is 94.7 Å². The Bertz CT molecular complexity index is 2420. The first-order chi connectivity index (χ1) is 26.3. The van der Waals surface area contributed by atoms with Crippen LogP contribution < -0.4 is 11.5 Å². The standard InChI is InChI=1S/C40H26N8O4S2/c41-19-29-33(43)51-39-27-17-9-7-15-25(27)31(49)37(29,39)53-35(47(39)21-23-11-3-1-4-12-23)45-46-36-48(22-24-13-5-2-6-14-24)40-28-18-10-8-16-26(28)32(50)38(40,54-36)30(20-42)34(44)52-40/h1-18H,21-22,43-44H2/b45-35+,46-36?/t37-,38-,39-,40-/m1/s1. The van der Waals surface area contributed by atoms with Crippen LogP contribution in [-0.2, 0) is 34.0 Å². The second-order valence-electron chi connectivity index (χ2n) is 13.4. The number of benzene rings is 4. The minimum Gasteiger partial charge on any atom is -0.445 e. The van der Waals surface area contributed by atoms with Crippen molar-refractivity contribution in [2.24, 2.45) is 21.7 Å². The van der Waals surface area contributed by atoms with Crippen molar-refractivity contribution in [1.82, 2.24) is 9.80 Å². The van der Waals surface area contributed by atoms with E-state index in [0.29, 0.717) is 22.3 Å². The summed E-state index contributed by atoms with van der Waals surface area (Å²) in [6, 6.07) is 37.8. The molecular formula is C40H26N8O4S2. The monoisotopic (exact) mass is 746 g/mol. The Balaban J connectivity index is 1.19. The summed E-state index contributed by atoms with van der Waals surface area (Å²) >= 11 is 2.13. The Labute approximate surface area is 317 Å². The molecule has 6 aliphatic rings. The van der Waals surface area contributed by atoms with Gasteiger partial charge in [0.05, 0.1) is 0 Å². The maximum atomic E-state index is 14.6. The molecule has 4 N–H and O–H groups in total. The van der Waals surface area contributed by atoms with Gasteiger partial charge in [0.25, 0.3) is 0 Å². The highest BCUT2D eigenvalue weighted by atomic mass is 32.2. The molecule has 4 heterocycles. The third kappa shape index (κ3) is 3.59. The molecule has 262 valence electrons. The van der Waals surface area contributed by atoms with Gasteiger partial charge in [-0.15, -0.1) is 10.2 Å². The molecule has 12 nitrogen and oxygen atoms in total. The van der Waals surface area contributed by atoms with E-state index in [9.17, 15) is 20.1 Å². The van der Waals surface area contributed by atoms with Crippen LogP contribution in [0.3, 0.4) is 0 Å². The van der Waals surface area contributed by atoms with E-state index >= 15 is 0 Å². The van der Waals surface area contributed by atoms with Crippen LogP contribution >= 0.6 is 23.5 Å². The summed E-state index contributed by atoms with van der Waals surface area (Å²) in [5.41, 5.74) is 13.5. The number of thioether (sulfide) groups is 2. The number of amidine groups is 2. The molecule has 0 amide bonds. The number of carbonyl (C=O) groups is 2. The van der Waals surface area contributed by atoms with Crippen molar-refractivity contribution in [1.29, 1.82) is 10.5 Å². The number of carbonyl (C=O) groups excluding carboxylic acids is 2. The van der Waals surface area contributed by atoms with Crippen LogP contribution in [0, 0.1) is 22.7 Å². The van der Waals surface area contributed by atoms with E-state index < -0.39 is 20.9 Å². The van der Waals surface area contributed by atoms with Gasteiger partial charge in [0.2, 0.25) is 23.2 Å². The highest BCUT2D eigenvalue weighted by Crippen LogP contribution is 2.70. The average molecular weight is 747 g/mol. The number of nitriles is 2. The van der Waals surface area contributed by atoms with Gasteiger partial charge < -0.3 is 30.7 Å².